The molecule has 0 aliphatic carbocycles. The molecule has 4 nitrogen and oxygen atoms in total. The van der Waals surface area contributed by atoms with Gasteiger partial charge in [-0.05, 0) is 187 Å². The third kappa shape index (κ3) is 8.94. The Morgan fingerprint density at radius 1 is 0.364 bits per heavy atom. The minimum absolute atomic E-state index is 0.0780. The Balaban J connectivity index is 0.939. The summed E-state index contributed by atoms with van der Waals surface area (Å²) in [5.74, 6) is 0. The summed E-state index contributed by atoms with van der Waals surface area (Å²) in [5, 5.41) is 9.74. The summed E-state index contributed by atoms with van der Waals surface area (Å²) in [6, 6.07) is 65.2. The Kier molecular flexibility index (Phi) is 12.1. The van der Waals surface area contributed by atoms with Crippen molar-refractivity contribution in [2.75, 3.05) is 0 Å². The molecule has 380 valence electrons. The standard InChI is InChI=1S/C72H67BN2O2/c1-44-37-48(67-65-29-21-46-40-52(69(3,4)5)25-31-59(46)63(65)33-35-74-67)23-27-55(44)61-19-15-13-17-57(61)50-39-51(43-54(42-50)73-76-71(9,10)72(11,12)77-73)58-18-14-16-20-62(58)56-28-24-49(38-45(56)2)68-66-30-22-47-41-53(70(6,7)8)26-32-60(47)64(66)34-36-75-68/h13-43H,1-12H3. The lowest BCUT2D eigenvalue weighted by Gasteiger charge is -2.32. The molecule has 12 rings (SSSR count). The van der Waals surface area contributed by atoms with Gasteiger partial charge in [0.15, 0.2) is 0 Å². The summed E-state index contributed by atoms with van der Waals surface area (Å²) in [4.78, 5) is 10.0. The summed E-state index contributed by atoms with van der Waals surface area (Å²) in [6.07, 6.45) is 3.92. The fraction of sp³-hybridized carbons (Fsp3) is 0.222. The minimum Gasteiger partial charge on any atom is -0.399 e. The third-order valence-electron chi connectivity index (χ3n) is 16.8. The summed E-state index contributed by atoms with van der Waals surface area (Å²) in [5.41, 5.74) is 18.4. The number of hydrogen-bond acceptors (Lipinski definition) is 4. The Bertz CT molecular complexity index is 3910. The van der Waals surface area contributed by atoms with Gasteiger partial charge in [0, 0.05) is 34.3 Å². The van der Waals surface area contributed by atoms with Crippen LogP contribution in [-0.4, -0.2) is 28.3 Å². The first-order valence-electron chi connectivity index (χ1n) is 27.3. The van der Waals surface area contributed by atoms with Crippen LogP contribution in [0.15, 0.2) is 188 Å². The number of rotatable bonds is 7. The molecule has 0 bridgehead atoms. The van der Waals surface area contributed by atoms with Crippen molar-refractivity contribution in [2.24, 2.45) is 0 Å². The zero-order chi connectivity index (χ0) is 53.8. The normalized spacial score (nSPS) is 14.6. The maximum absolute atomic E-state index is 6.82. The molecule has 77 heavy (non-hydrogen) atoms. The lowest BCUT2D eigenvalue weighted by atomic mass is 9.75. The molecule has 1 saturated heterocycles. The van der Waals surface area contributed by atoms with E-state index in [-0.39, 0.29) is 10.8 Å². The van der Waals surface area contributed by atoms with Crippen molar-refractivity contribution in [2.45, 2.75) is 105 Å². The molecule has 1 aliphatic rings. The van der Waals surface area contributed by atoms with Gasteiger partial charge in [-0.15, -0.1) is 0 Å². The number of hydrogen-bond donors (Lipinski definition) is 0. The van der Waals surface area contributed by atoms with Crippen molar-refractivity contribution in [1.29, 1.82) is 0 Å². The van der Waals surface area contributed by atoms with Gasteiger partial charge in [0.1, 0.15) is 0 Å². The van der Waals surface area contributed by atoms with Gasteiger partial charge in [-0.3, -0.25) is 9.97 Å². The third-order valence-corrected chi connectivity index (χ3v) is 16.8. The predicted octanol–water partition coefficient (Wildman–Crippen LogP) is 18.6. The van der Waals surface area contributed by atoms with Gasteiger partial charge in [0.25, 0.3) is 0 Å². The maximum Gasteiger partial charge on any atom is 0.494 e. The predicted molar refractivity (Wildman–Crippen MR) is 327 cm³/mol. The maximum atomic E-state index is 6.82. The number of fused-ring (bicyclic) bond motifs is 6. The first-order valence-corrected chi connectivity index (χ1v) is 27.3. The van der Waals surface area contributed by atoms with E-state index in [0.29, 0.717) is 0 Å². The molecule has 0 N–H and O–H groups in total. The van der Waals surface area contributed by atoms with E-state index in [1.54, 1.807) is 0 Å². The largest absolute Gasteiger partial charge is 0.494 e. The second-order valence-electron chi connectivity index (χ2n) is 24.6. The van der Waals surface area contributed by atoms with Gasteiger partial charge < -0.3 is 9.31 Å². The van der Waals surface area contributed by atoms with E-state index >= 15 is 0 Å². The van der Waals surface area contributed by atoms with Crippen molar-refractivity contribution in [3.05, 3.63) is 211 Å². The Morgan fingerprint density at radius 2 is 0.766 bits per heavy atom. The van der Waals surface area contributed by atoms with Crippen molar-refractivity contribution >= 4 is 55.7 Å². The molecule has 0 spiro atoms. The van der Waals surface area contributed by atoms with Crippen LogP contribution in [0.3, 0.4) is 0 Å². The molecule has 1 fully saturated rings. The summed E-state index contributed by atoms with van der Waals surface area (Å²) in [6.45, 7) is 26.6. The summed E-state index contributed by atoms with van der Waals surface area (Å²) >= 11 is 0. The van der Waals surface area contributed by atoms with Gasteiger partial charge >= 0.3 is 7.12 Å². The topological polar surface area (TPSA) is 44.2 Å². The van der Waals surface area contributed by atoms with Gasteiger partial charge in [0.05, 0.1) is 22.6 Å². The first kappa shape index (κ1) is 50.1. The van der Waals surface area contributed by atoms with Gasteiger partial charge in [-0.1, -0.05) is 187 Å². The fourth-order valence-electron chi connectivity index (χ4n) is 11.6. The molecule has 9 aromatic carbocycles. The van der Waals surface area contributed by atoms with Crippen LogP contribution in [0, 0.1) is 13.8 Å². The molecule has 0 radical (unpaired) electrons. The Hall–Kier alpha value is -7.70. The number of nitrogens with zero attached hydrogens (tertiary/aromatic N) is 2. The van der Waals surface area contributed by atoms with E-state index in [4.69, 9.17) is 19.3 Å². The van der Waals surface area contributed by atoms with Crippen molar-refractivity contribution in [3.63, 3.8) is 0 Å². The number of pyridine rings is 2. The van der Waals surface area contributed by atoms with E-state index in [0.717, 1.165) is 72.1 Å². The smallest absolute Gasteiger partial charge is 0.399 e. The fourth-order valence-corrected chi connectivity index (χ4v) is 11.6. The van der Waals surface area contributed by atoms with E-state index in [2.05, 4.69) is 259 Å². The van der Waals surface area contributed by atoms with E-state index in [1.165, 1.54) is 65.7 Å². The van der Waals surface area contributed by atoms with Crippen LogP contribution in [0.5, 0.6) is 0 Å². The SMILES string of the molecule is Cc1cc(-c2nccc3c2ccc2cc(C(C)(C)C)ccc23)ccc1-c1ccccc1-c1cc(B2OC(C)(C)C(C)(C)O2)cc(-c2ccccc2-c2ccc(-c3nccc4c3ccc3cc(C(C)(C)C)ccc34)cc2C)c1. The van der Waals surface area contributed by atoms with Gasteiger partial charge in [-0.25, -0.2) is 0 Å². The van der Waals surface area contributed by atoms with Gasteiger partial charge in [-0.2, -0.15) is 0 Å². The van der Waals surface area contributed by atoms with E-state index in [9.17, 15) is 0 Å². The van der Waals surface area contributed by atoms with Crippen molar-refractivity contribution in [1.82, 2.24) is 9.97 Å². The first-order chi connectivity index (χ1) is 36.7. The number of aromatic nitrogens is 2. The average Bonchev–Trinajstić information content (AvgIpc) is 3.72. The highest BCUT2D eigenvalue weighted by Gasteiger charge is 2.52. The zero-order valence-corrected chi connectivity index (χ0v) is 46.7. The number of aryl methyl sites for hydroxylation is 2. The van der Waals surface area contributed by atoms with Crippen LogP contribution in [0.4, 0.5) is 0 Å². The highest BCUT2D eigenvalue weighted by atomic mass is 16.7. The van der Waals surface area contributed by atoms with Crippen LogP contribution in [0.2, 0.25) is 0 Å². The van der Waals surface area contributed by atoms with Crippen molar-refractivity contribution < 1.29 is 9.31 Å². The highest BCUT2D eigenvalue weighted by Crippen LogP contribution is 2.44. The van der Waals surface area contributed by atoms with Crippen LogP contribution in [0.1, 0.15) is 91.5 Å². The van der Waals surface area contributed by atoms with E-state index in [1.807, 2.05) is 12.4 Å². The quantitative estimate of drug-likeness (QED) is 0.118. The molecule has 0 amide bonds. The Labute approximate surface area is 455 Å². The van der Waals surface area contributed by atoms with Crippen LogP contribution in [-0.2, 0) is 20.1 Å². The van der Waals surface area contributed by atoms with Crippen LogP contribution >= 0.6 is 0 Å². The van der Waals surface area contributed by atoms with Crippen LogP contribution < -0.4 is 5.46 Å². The highest BCUT2D eigenvalue weighted by molar-refractivity contribution is 6.62. The monoisotopic (exact) mass is 1000 g/mol. The molecule has 0 atom stereocenters. The lowest BCUT2D eigenvalue weighted by Crippen LogP contribution is -2.41. The number of benzene rings is 9. The molecule has 5 heteroatoms. The molecule has 0 unspecified atom stereocenters. The second kappa shape index (κ2) is 18.5. The molecule has 1 aliphatic heterocycles. The molecule has 0 saturated carbocycles. The molecule has 2 aromatic heterocycles. The summed E-state index contributed by atoms with van der Waals surface area (Å²) < 4.78 is 13.6. The average molecular weight is 1000 g/mol. The van der Waals surface area contributed by atoms with Gasteiger partial charge in [0.2, 0.25) is 0 Å². The lowest BCUT2D eigenvalue weighted by molar-refractivity contribution is 0.00578. The zero-order valence-electron chi connectivity index (χ0n) is 46.7. The molecule has 3 heterocycles. The van der Waals surface area contributed by atoms with Crippen LogP contribution in [0.25, 0.3) is 110 Å². The molecular formula is C72H67BN2O2. The van der Waals surface area contributed by atoms with Crippen molar-refractivity contribution in [3.8, 4) is 67.0 Å². The second-order valence-corrected chi connectivity index (χ2v) is 24.6. The molecule has 11 aromatic rings. The summed E-state index contributed by atoms with van der Waals surface area (Å²) in [7, 11) is -0.559. The Morgan fingerprint density at radius 3 is 1.17 bits per heavy atom. The minimum atomic E-state index is -0.559. The molecular weight excluding hydrogens is 936 g/mol. The van der Waals surface area contributed by atoms with E-state index < -0.39 is 18.3 Å².